The van der Waals surface area contributed by atoms with Gasteiger partial charge in [0.05, 0.1) is 6.10 Å². The number of aryl methyl sites for hydroxylation is 1. The summed E-state index contributed by atoms with van der Waals surface area (Å²) in [6.45, 7) is 6.31. The predicted molar refractivity (Wildman–Crippen MR) is 65.2 cm³/mol. The molecule has 0 heterocycles. The molecule has 0 bridgehead atoms. The molecule has 1 unspecified atom stereocenters. The number of hydrogen-bond acceptors (Lipinski definition) is 1. The molecule has 1 rings (SSSR count). The maximum Gasteiger partial charge on any atom is 0.0804 e. The highest BCUT2D eigenvalue weighted by Crippen LogP contribution is 2.27. The largest absolute Gasteiger partial charge is 0.388 e. The average Bonchev–Trinajstić information content (AvgIpc) is 2.14. The Morgan fingerprint density at radius 1 is 1.27 bits per heavy atom. The van der Waals surface area contributed by atoms with Crippen LogP contribution in [0.2, 0.25) is 5.02 Å². The number of aliphatic hydroxyl groups excluding tert-OH is 1. The number of aliphatic hydroxyl groups is 1. The third kappa shape index (κ3) is 3.84. The van der Waals surface area contributed by atoms with Crippen molar-refractivity contribution in [2.45, 2.75) is 39.7 Å². The van der Waals surface area contributed by atoms with Crippen molar-refractivity contribution in [3.8, 4) is 0 Å². The van der Waals surface area contributed by atoms with Gasteiger partial charge in [0.25, 0.3) is 0 Å². The van der Waals surface area contributed by atoms with Gasteiger partial charge in [-0.1, -0.05) is 37.6 Å². The molecule has 0 radical (unpaired) electrons. The van der Waals surface area contributed by atoms with Crippen molar-refractivity contribution in [3.63, 3.8) is 0 Å². The summed E-state index contributed by atoms with van der Waals surface area (Å²) < 4.78 is 0. The third-order valence-corrected chi connectivity index (χ3v) is 2.86. The van der Waals surface area contributed by atoms with E-state index in [1.165, 1.54) is 0 Å². The number of benzene rings is 1. The first kappa shape index (κ1) is 12.5. The number of hydrogen-bond donors (Lipinski definition) is 1. The molecule has 1 aromatic carbocycles. The van der Waals surface area contributed by atoms with Crippen LogP contribution in [0.15, 0.2) is 18.2 Å². The molecule has 15 heavy (non-hydrogen) atoms. The second-order valence-corrected chi connectivity index (χ2v) is 4.92. The van der Waals surface area contributed by atoms with Crippen molar-refractivity contribution in [1.82, 2.24) is 0 Å². The van der Waals surface area contributed by atoms with Gasteiger partial charge in [0.15, 0.2) is 0 Å². The minimum absolute atomic E-state index is 0.430. The molecular weight excluding hydrogens is 208 g/mol. The summed E-state index contributed by atoms with van der Waals surface area (Å²) in [5.74, 6) is 0.615. The van der Waals surface area contributed by atoms with Gasteiger partial charge in [0.1, 0.15) is 0 Å². The Bertz CT molecular complexity index is 320. The Balaban J connectivity index is 2.69. The van der Waals surface area contributed by atoms with E-state index in [0.29, 0.717) is 10.9 Å². The Morgan fingerprint density at radius 2 is 1.93 bits per heavy atom. The van der Waals surface area contributed by atoms with Crippen LogP contribution in [-0.2, 0) is 0 Å². The standard InChI is InChI=1S/C13H19ClO/c1-9(2)4-7-13(15)11-6-5-10(3)8-12(11)14/h5-6,8-9,13,15H,4,7H2,1-3H3. The lowest BCUT2D eigenvalue weighted by molar-refractivity contribution is 0.159. The molecule has 0 aliphatic heterocycles. The van der Waals surface area contributed by atoms with E-state index < -0.39 is 6.10 Å². The Hall–Kier alpha value is -0.530. The monoisotopic (exact) mass is 226 g/mol. The van der Waals surface area contributed by atoms with Gasteiger partial charge in [-0.3, -0.25) is 0 Å². The van der Waals surface area contributed by atoms with Crippen molar-refractivity contribution in [2.75, 3.05) is 0 Å². The summed E-state index contributed by atoms with van der Waals surface area (Å²) in [5, 5.41) is 10.6. The van der Waals surface area contributed by atoms with E-state index in [4.69, 9.17) is 11.6 Å². The van der Waals surface area contributed by atoms with Gasteiger partial charge in [-0.2, -0.15) is 0 Å². The highest BCUT2D eigenvalue weighted by molar-refractivity contribution is 6.31. The molecule has 2 heteroatoms. The fraction of sp³-hybridized carbons (Fsp3) is 0.538. The van der Waals surface area contributed by atoms with Crippen LogP contribution in [0.4, 0.5) is 0 Å². The fourth-order valence-electron chi connectivity index (χ4n) is 1.55. The Kier molecular flexibility index (Phi) is 4.62. The predicted octanol–water partition coefficient (Wildman–Crippen LogP) is 4.12. The molecular formula is C13H19ClO. The SMILES string of the molecule is Cc1ccc(C(O)CCC(C)C)c(Cl)c1. The van der Waals surface area contributed by atoms with Crippen LogP contribution < -0.4 is 0 Å². The first-order valence-corrected chi connectivity index (χ1v) is 5.82. The van der Waals surface area contributed by atoms with Crippen LogP contribution >= 0.6 is 11.6 Å². The Labute approximate surface area is 97.1 Å². The maximum atomic E-state index is 9.96. The second-order valence-electron chi connectivity index (χ2n) is 4.51. The minimum atomic E-state index is -0.430. The van der Waals surface area contributed by atoms with Crippen LogP contribution in [0, 0.1) is 12.8 Å². The third-order valence-electron chi connectivity index (χ3n) is 2.53. The summed E-state index contributed by atoms with van der Waals surface area (Å²) in [6.07, 6.45) is 1.37. The molecule has 0 aliphatic carbocycles. The van der Waals surface area contributed by atoms with Crippen molar-refractivity contribution in [2.24, 2.45) is 5.92 Å². The second kappa shape index (κ2) is 5.53. The van der Waals surface area contributed by atoms with Gasteiger partial charge in [-0.25, -0.2) is 0 Å². The Morgan fingerprint density at radius 3 is 2.47 bits per heavy atom. The van der Waals surface area contributed by atoms with E-state index in [1.54, 1.807) is 0 Å². The first-order chi connectivity index (χ1) is 7.00. The van der Waals surface area contributed by atoms with Crippen molar-refractivity contribution < 1.29 is 5.11 Å². The zero-order valence-electron chi connectivity index (χ0n) is 9.63. The topological polar surface area (TPSA) is 20.2 Å². The number of halogens is 1. The molecule has 0 aliphatic rings. The zero-order valence-corrected chi connectivity index (χ0v) is 10.4. The highest BCUT2D eigenvalue weighted by atomic mass is 35.5. The molecule has 1 aromatic rings. The number of rotatable bonds is 4. The minimum Gasteiger partial charge on any atom is -0.388 e. The normalized spacial score (nSPS) is 13.2. The van der Waals surface area contributed by atoms with E-state index in [0.717, 1.165) is 24.0 Å². The molecule has 0 fully saturated rings. The summed E-state index contributed by atoms with van der Waals surface area (Å²) in [4.78, 5) is 0. The van der Waals surface area contributed by atoms with E-state index >= 15 is 0 Å². The molecule has 0 saturated heterocycles. The molecule has 0 spiro atoms. The van der Waals surface area contributed by atoms with E-state index in [9.17, 15) is 5.11 Å². The molecule has 84 valence electrons. The fourth-order valence-corrected chi connectivity index (χ4v) is 1.91. The van der Waals surface area contributed by atoms with E-state index in [-0.39, 0.29) is 0 Å². The van der Waals surface area contributed by atoms with Gasteiger partial charge in [0.2, 0.25) is 0 Å². The summed E-state index contributed by atoms with van der Waals surface area (Å²) in [5.41, 5.74) is 1.97. The van der Waals surface area contributed by atoms with Crippen LogP contribution in [-0.4, -0.2) is 5.11 Å². The van der Waals surface area contributed by atoms with Crippen molar-refractivity contribution in [3.05, 3.63) is 34.3 Å². The van der Waals surface area contributed by atoms with Crippen LogP contribution in [0.1, 0.15) is 43.9 Å². The molecule has 0 saturated carbocycles. The molecule has 0 amide bonds. The van der Waals surface area contributed by atoms with Gasteiger partial charge in [0, 0.05) is 5.02 Å². The maximum absolute atomic E-state index is 9.96. The summed E-state index contributed by atoms with van der Waals surface area (Å²) in [7, 11) is 0. The lowest BCUT2D eigenvalue weighted by Gasteiger charge is -2.14. The van der Waals surface area contributed by atoms with Gasteiger partial charge in [-0.15, -0.1) is 0 Å². The van der Waals surface area contributed by atoms with E-state index in [2.05, 4.69) is 13.8 Å². The lowest BCUT2D eigenvalue weighted by Crippen LogP contribution is -2.00. The summed E-state index contributed by atoms with van der Waals surface area (Å²) in [6, 6.07) is 5.80. The first-order valence-electron chi connectivity index (χ1n) is 5.45. The van der Waals surface area contributed by atoms with Gasteiger partial charge >= 0.3 is 0 Å². The van der Waals surface area contributed by atoms with Crippen molar-refractivity contribution >= 4 is 11.6 Å². The average molecular weight is 227 g/mol. The zero-order chi connectivity index (χ0) is 11.4. The highest BCUT2D eigenvalue weighted by Gasteiger charge is 2.11. The molecule has 1 nitrogen and oxygen atoms in total. The quantitative estimate of drug-likeness (QED) is 0.819. The molecule has 1 N–H and O–H groups in total. The molecule has 0 aromatic heterocycles. The van der Waals surface area contributed by atoms with Crippen LogP contribution in [0.3, 0.4) is 0 Å². The van der Waals surface area contributed by atoms with Crippen LogP contribution in [0.25, 0.3) is 0 Å². The van der Waals surface area contributed by atoms with Crippen molar-refractivity contribution in [1.29, 1.82) is 0 Å². The van der Waals surface area contributed by atoms with Gasteiger partial charge < -0.3 is 5.11 Å². The van der Waals surface area contributed by atoms with Crippen LogP contribution in [0.5, 0.6) is 0 Å². The van der Waals surface area contributed by atoms with Gasteiger partial charge in [-0.05, 0) is 42.9 Å². The lowest BCUT2D eigenvalue weighted by atomic mass is 9.99. The van der Waals surface area contributed by atoms with E-state index in [1.807, 2.05) is 25.1 Å². The smallest absolute Gasteiger partial charge is 0.0804 e. The summed E-state index contributed by atoms with van der Waals surface area (Å²) >= 11 is 6.08. The molecule has 1 atom stereocenters.